The second-order valence-electron chi connectivity index (χ2n) is 14.5. The summed E-state index contributed by atoms with van der Waals surface area (Å²) in [6.07, 6.45) is 0. The van der Waals surface area contributed by atoms with Gasteiger partial charge < -0.3 is 9.32 Å². The van der Waals surface area contributed by atoms with E-state index in [0.29, 0.717) is 0 Å². The minimum absolute atomic E-state index is 0.239. The quantitative estimate of drug-likeness (QED) is 0.174. The molecule has 0 spiro atoms. The number of fused-ring (bicyclic) bond motifs is 6. The van der Waals surface area contributed by atoms with Crippen molar-refractivity contribution in [2.75, 3.05) is 4.90 Å². The summed E-state index contributed by atoms with van der Waals surface area (Å²) in [5.41, 5.74) is 17.0. The number of hydrogen-bond donors (Lipinski definition) is 0. The molecule has 2 nitrogen and oxygen atoms in total. The lowest BCUT2D eigenvalue weighted by Gasteiger charge is -2.34. The molecule has 8 aromatic carbocycles. The largest absolute Gasteiger partial charge is 0.454 e. The van der Waals surface area contributed by atoms with Crippen LogP contribution in [-0.2, 0) is 5.41 Å². The maximum Gasteiger partial charge on any atom is 0.159 e. The van der Waals surface area contributed by atoms with Crippen LogP contribution in [-0.4, -0.2) is 0 Å². The molecule has 0 saturated heterocycles. The van der Waals surface area contributed by atoms with E-state index in [4.69, 9.17) is 4.42 Å². The van der Waals surface area contributed by atoms with Crippen molar-refractivity contribution in [1.82, 2.24) is 0 Å². The van der Waals surface area contributed by atoms with Crippen molar-refractivity contribution < 1.29 is 4.42 Å². The molecular weight excluding hydrogens is 643 g/mol. The van der Waals surface area contributed by atoms with Crippen molar-refractivity contribution in [3.8, 4) is 44.5 Å². The third-order valence-corrected chi connectivity index (χ3v) is 11.1. The van der Waals surface area contributed by atoms with Gasteiger partial charge in [-0.15, -0.1) is 0 Å². The van der Waals surface area contributed by atoms with Gasteiger partial charge in [0.1, 0.15) is 5.58 Å². The normalized spacial score (nSPS) is 12.9. The molecule has 53 heavy (non-hydrogen) atoms. The van der Waals surface area contributed by atoms with Crippen LogP contribution in [0.15, 0.2) is 192 Å². The van der Waals surface area contributed by atoms with Crippen molar-refractivity contribution in [2.24, 2.45) is 0 Å². The molecule has 2 heteroatoms. The summed E-state index contributed by atoms with van der Waals surface area (Å²) in [6, 6.07) is 67.8. The minimum Gasteiger partial charge on any atom is -0.454 e. The Kier molecular flexibility index (Phi) is 7.19. The van der Waals surface area contributed by atoms with Gasteiger partial charge in [-0.05, 0) is 74.3 Å². The number of benzene rings is 8. The molecule has 9 aromatic rings. The molecule has 0 fully saturated rings. The van der Waals surface area contributed by atoms with Crippen LogP contribution in [0.5, 0.6) is 0 Å². The summed E-state index contributed by atoms with van der Waals surface area (Å²) >= 11 is 0. The second-order valence-corrected chi connectivity index (χ2v) is 14.5. The van der Waals surface area contributed by atoms with Gasteiger partial charge in [0.15, 0.2) is 5.58 Å². The first-order chi connectivity index (χ1) is 26.1. The molecule has 0 aliphatic heterocycles. The van der Waals surface area contributed by atoms with Gasteiger partial charge in [-0.2, -0.15) is 0 Å². The van der Waals surface area contributed by atoms with Crippen molar-refractivity contribution >= 4 is 39.0 Å². The standard InChI is InChI=1S/C51H37NO/c1-51(2)43-25-11-9-20-39(43)41-23-14-27-45(49(41)51)52(46-28-15-24-42-40-21-10-12-29-47(40)53-50(42)46)44-26-13-22-38(36-18-7-4-8-19-36)48(44)37-32-30-35(31-33-37)34-16-5-3-6-17-34/h3-33H,1-2H3. The molecule has 0 atom stereocenters. The zero-order chi connectivity index (χ0) is 35.5. The number of anilines is 3. The van der Waals surface area contributed by atoms with E-state index in [0.717, 1.165) is 50.1 Å². The first-order valence-corrected chi connectivity index (χ1v) is 18.4. The highest BCUT2D eigenvalue weighted by Crippen LogP contribution is 2.56. The van der Waals surface area contributed by atoms with Gasteiger partial charge in [0.2, 0.25) is 0 Å². The average Bonchev–Trinajstić information content (AvgIpc) is 3.72. The van der Waals surface area contributed by atoms with Gasteiger partial charge in [-0.1, -0.05) is 178 Å². The minimum atomic E-state index is -0.239. The second kappa shape index (κ2) is 12.3. The Bertz CT molecular complexity index is 2790. The van der Waals surface area contributed by atoms with Crippen molar-refractivity contribution in [3.63, 3.8) is 0 Å². The fraction of sp³-hybridized carbons (Fsp3) is 0.0588. The molecule has 0 amide bonds. The van der Waals surface area contributed by atoms with Crippen LogP contribution in [0.2, 0.25) is 0 Å². The van der Waals surface area contributed by atoms with Crippen LogP contribution in [0.3, 0.4) is 0 Å². The fourth-order valence-electron chi connectivity index (χ4n) is 8.65. The Hall–Kier alpha value is -6.64. The molecule has 252 valence electrons. The molecule has 1 aliphatic carbocycles. The fourth-order valence-corrected chi connectivity index (χ4v) is 8.65. The van der Waals surface area contributed by atoms with Gasteiger partial charge in [0, 0.05) is 21.8 Å². The highest BCUT2D eigenvalue weighted by molar-refractivity contribution is 6.11. The molecule has 0 saturated carbocycles. The van der Waals surface area contributed by atoms with Crippen LogP contribution < -0.4 is 4.90 Å². The summed E-state index contributed by atoms with van der Waals surface area (Å²) < 4.78 is 6.82. The zero-order valence-electron chi connectivity index (χ0n) is 29.8. The Morgan fingerprint density at radius 1 is 0.396 bits per heavy atom. The molecule has 0 unspecified atom stereocenters. The molecular formula is C51H37NO. The average molecular weight is 680 g/mol. The highest BCUT2D eigenvalue weighted by atomic mass is 16.3. The van der Waals surface area contributed by atoms with Gasteiger partial charge in [-0.25, -0.2) is 0 Å². The molecule has 1 aliphatic rings. The molecule has 0 radical (unpaired) electrons. The van der Waals surface area contributed by atoms with Gasteiger partial charge in [0.25, 0.3) is 0 Å². The maximum absolute atomic E-state index is 6.82. The molecule has 1 heterocycles. The predicted molar refractivity (Wildman–Crippen MR) is 222 cm³/mol. The summed E-state index contributed by atoms with van der Waals surface area (Å²) in [6.45, 7) is 4.73. The van der Waals surface area contributed by atoms with Crippen molar-refractivity contribution in [1.29, 1.82) is 0 Å². The monoisotopic (exact) mass is 679 g/mol. The van der Waals surface area contributed by atoms with E-state index < -0.39 is 0 Å². The van der Waals surface area contributed by atoms with E-state index in [1.54, 1.807) is 0 Å². The molecule has 1 aromatic heterocycles. The van der Waals surface area contributed by atoms with Crippen molar-refractivity contribution in [2.45, 2.75) is 19.3 Å². The summed E-state index contributed by atoms with van der Waals surface area (Å²) in [4.78, 5) is 2.48. The Morgan fingerprint density at radius 3 is 1.74 bits per heavy atom. The number of para-hydroxylation sites is 2. The molecule has 10 rings (SSSR count). The number of hydrogen-bond acceptors (Lipinski definition) is 2. The Labute approximate surface area is 310 Å². The van der Waals surface area contributed by atoms with E-state index in [2.05, 4.69) is 201 Å². The van der Waals surface area contributed by atoms with E-state index in [1.807, 2.05) is 6.07 Å². The first-order valence-electron chi connectivity index (χ1n) is 18.4. The van der Waals surface area contributed by atoms with Crippen molar-refractivity contribution in [3.05, 3.63) is 199 Å². The molecule has 0 N–H and O–H groups in total. The van der Waals surface area contributed by atoms with E-state index in [-0.39, 0.29) is 5.41 Å². The van der Waals surface area contributed by atoms with E-state index >= 15 is 0 Å². The Morgan fingerprint density at radius 2 is 0.943 bits per heavy atom. The summed E-state index contributed by atoms with van der Waals surface area (Å²) in [5, 5.41) is 2.22. The van der Waals surface area contributed by atoms with Crippen LogP contribution in [0.25, 0.3) is 66.4 Å². The lowest BCUT2D eigenvalue weighted by Crippen LogP contribution is -2.21. The van der Waals surface area contributed by atoms with Crippen LogP contribution in [0.4, 0.5) is 17.1 Å². The number of rotatable bonds is 6. The maximum atomic E-state index is 6.82. The SMILES string of the molecule is CC1(C)c2ccccc2-c2cccc(N(c3cccc(-c4ccccc4)c3-c3ccc(-c4ccccc4)cc3)c3cccc4c3oc3ccccc34)c21. The summed E-state index contributed by atoms with van der Waals surface area (Å²) in [5.74, 6) is 0. The van der Waals surface area contributed by atoms with Gasteiger partial charge >= 0.3 is 0 Å². The third-order valence-electron chi connectivity index (χ3n) is 11.1. The zero-order valence-corrected chi connectivity index (χ0v) is 29.8. The van der Waals surface area contributed by atoms with Crippen LogP contribution in [0.1, 0.15) is 25.0 Å². The van der Waals surface area contributed by atoms with E-state index in [1.165, 1.54) is 44.5 Å². The van der Waals surface area contributed by atoms with Gasteiger partial charge in [-0.3, -0.25) is 0 Å². The topological polar surface area (TPSA) is 16.4 Å². The van der Waals surface area contributed by atoms with E-state index in [9.17, 15) is 0 Å². The lowest BCUT2D eigenvalue weighted by molar-refractivity contribution is 0.659. The number of furan rings is 1. The van der Waals surface area contributed by atoms with Gasteiger partial charge in [0.05, 0.1) is 17.1 Å². The van der Waals surface area contributed by atoms with Crippen LogP contribution >= 0.6 is 0 Å². The molecule has 0 bridgehead atoms. The third kappa shape index (κ3) is 4.94. The summed E-state index contributed by atoms with van der Waals surface area (Å²) in [7, 11) is 0. The Balaban J connectivity index is 1.30. The highest BCUT2D eigenvalue weighted by Gasteiger charge is 2.39. The predicted octanol–water partition coefficient (Wildman–Crippen LogP) is 14.4. The smallest absolute Gasteiger partial charge is 0.159 e. The number of nitrogens with zero attached hydrogens (tertiary/aromatic N) is 1. The lowest BCUT2D eigenvalue weighted by atomic mass is 9.81. The first kappa shape index (κ1) is 31.1. The van der Waals surface area contributed by atoms with Crippen LogP contribution in [0, 0.1) is 0 Å².